The second kappa shape index (κ2) is 5.09. The minimum absolute atomic E-state index is 0.0358. The Bertz CT molecular complexity index is 601. The van der Waals surface area contributed by atoms with Crippen molar-refractivity contribution in [3.8, 4) is 0 Å². The molecule has 2 rings (SSSR count). The number of benzene rings is 1. The van der Waals surface area contributed by atoms with Gasteiger partial charge in [-0.25, -0.2) is 8.78 Å². The van der Waals surface area contributed by atoms with Crippen molar-refractivity contribution in [1.82, 2.24) is 5.32 Å². The van der Waals surface area contributed by atoms with Gasteiger partial charge in [-0.15, -0.1) is 0 Å². The predicted molar refractivity (Wildman–Crippen MR) is 71.3 cm³/mol. The van der Waals surface area contributed by atoms with E-state index in [0.717, 1.165) is 18.2 Å². The van der Waals surface area contributed by atoms with Gasteiger partial charge in [0.05, 0.1) is 17.9 Å². The lowest BCUT2D eigenvalue weighted by Crippen LogP contribution is -2.30. The van der Waals surface area contributed by atoms with Gasteiger partial charge in [-0.05, 0) is 30.5 Å². The van der Waals surface area contributed by atoms with E-state index in [2.05, 4.69) is 5.32 Å². The smallest absolute Gasteiger partial charge is 0.307 e. The summed E-state index contributed by atoms with van der Waals surface area (Å²) in [7, 11) is 0. The van der Waals surface area contributed by atoms with E-state index >= 15 is 0 Å². The first-order valence-corrected chi connectivity index (χ1v) is 6.64. The van der Waals surface area contributed by atoms with Gasteiger partial charge in [0.2, 0.25) is 5.91 Å². The Hall–Kier alpha value is -1.98. The minimum atomic E-state index is -1.02. The van der Waals surface area contributed by atoms with E-state index in [1.165, 1.54) is 6.92 Å². The van der Waals surface area contributed by atoms with Crippen molar-refractivity contribution in [1.29, 1.82) is 0 Å². The largest absolute Gasteiger partial charge is 0.481 e. The third kappa shape index (κ3) is 2.75. The van der Waals surface area contributed by atoms with Crippen LogP contribution in [0.25, 0.3) is 0 Å². The highest BCUT2D eigenvalue weighted by atomic mass is 19.1. The van der Waals surface area contributed by atoms with E-state index in [0.29, 0.717) is 0 Å². The van der Waals surface area contributed by atoms with Crippen LogP contribution in [0.5, 0.6) is 0 Å². The Morgan fingerprint density at radius 2 is 1.90 bits per heavy atom. The molecular weight excluding hydrogens is 280 g/mol. The molecule has 1 amide bonds. The fourth-order valence-electron chi connectivity index (χ4n) is 2.82. The van der Waals surface area contributed by atoms with Gasteiger partial charge in [0, 0.05) is 5.56 Å². The average Bonchev–Trinajstić information content (AvgIpc) is 2.95. The van der Waals surface area contributed by atoms with Gasteiger partial charge < -0.3 is 10.4 Å². The van der Waals surface area contributed by atoms with Crippen molar-refractivity contribution in [2.45, 2.75) is 26.8 Å². The summed E-state index contributed by atoms with van der Waals surface area (Å²) in [6.07, 6.45) is 0. The van der Waals surface area contributed by atoms with E-state index < -0.39 is 46.8 Å². The summed E-state index contributed by atoms with van der Waals surface area (Å²) in [5.74, 6) is -4.10. The highest BCUT2D eigenvalue weighted by Crippen LogP contribution is 2.58. The Morgan fingerprint density at radius 3 is 2.43 bits per heavy atom. The second-order valence-electron chi connectivity index (χ2n) is 6.01. The Morgan fingerprint density at radius 1 is 1.29 bits per heavy atom. The topological polar surface area (TPSA) is 66.4 Å². The van der Waals surface area contributed by atoms with Gasteiger partial charge in [-0.3, -0.25) is 9.59 Å². The summed E-state index contributed by atoms with van der Waals surface area (Å²) in [6.45, 7) is 4.92. The average molecular weight is 297 g/mol. The Kier molecular flexibility index (Phi) is 3.74. The summed E-state index contributed by atoms with van der Waals surface area (Å²) < 4.78 is 26.8. The molecule has 2 N–H and O–H groups in total. The zero-order valence-electron chi connectivity index (χ0n) is 12.0. The predicted octanol–water partition coefficient (Wildman–Crippen LogP) is 2.50. The van der Waals surface area contributed by atoms with E-state index in [1.807, 2.05) is 0 Å². The minimum Gasteiger partial charge on any atom is -0.481 e. The molecule has 1 aliphatic rings. The molecule has 0 aromatic heterocycles. The van der Waals surface area contributed by atoms with Crippen molar-refractivity contribution in [3.63, 3.8) is 0 Å². The molecule has 0 spiro atoms. The molecule has 1 aromatic carbocycles. The third-order valence-electron chi connectivity index (χ3n) is 4.16. The van der Waals surface area contributed by atoms with Crippen molar-refractivity contribution in [2.24, 2.45) is 17.3 Å². The Labute approximate surface area is 121 Å². The third-order valence-corrected chi connectivity index (χ3v) is 4.16. The number of carboxylic acids is 1. The number of nitrogens with one attached hydrogen (secondary N) is 1. The van der Waals surface area contributed by atoms with Crippen molar-refractivity contribution in [3.05, 3.63) is 35.4 Å². The number of aliphatic carboxylic acids is 1. The van der Waals surface area contributed by atoms with Crippen LogP contribution in [0.3, 0.4) is 0 Å². The molecular formula is C15H17F2NO3. The molecule has 0 bridgehead atoms. The molecule has 1 unspecified atom stereocenters. The molecule has 0 saturated heterocycles. The van der Waals surface area contributed by atoms with E-state index in [-0.39, 0.29) is 5.56 Å². The standard InChI is InChI=1S/C15H17F2NO3/c1-7(9-6-8(16)4-5-10(9)17)18-13(19)11-12(14(20)21)15(11,2)3/h4-7,11-12H,1-3H3,(H,18,19)(H,20,21)/t7?,11-,12+/m1/s1. The van der Waals surface area contributed by atoms with Crippen LogP contribution in [0.1, 0.15) is 32.4 Å². The van der Waals surface area contributed by atoms with Gasteiger partial charge in [-0.2, -0.15) is 0 Å². The molecule has 0 aliphatic heterocycles. The number of hydrogen-bond donors (Lipinski definition) is 2. The maximum atomic E-state index is 13.6. The summed E-state index contributed by atoms with van der Waals surface area (Å²) in [5.41, 5.74) is -0.593. The highest BCUT2D eigenvalue weighted by molar-refractivity contribution is 5.91. The lowest BCUT2D eigenvalue weighted by atomic mass is 10.1. The zero-order valence-corrected chi connectivity index (χ0v) is 12.0. The van der Waals surface area contributed by atoms with Gasteiger partial charge in [0.25, 0.3) is 0 Å². The van der Waals surface area contributed by atoms with Crippen LogP contribution >= 0.6 is 0 Å². The van der Waals surface area contributed by atoms with Crippen LogP contribution in [0.15, 0.2) is 18.2 Å². The number of rotatable bonds is 4. The van der Waals surface area contributed by atoms with Crippen molar-refractivity contribution < 1.29 is 23.5 Å². The molecule has 114 valence electrons. The fraction of sp³-hybridized carbons (Fsp3) is 0.467. The first kappa shape index (κ1) is 15.4. The molecule has 1 aliphatic carbocycles. The summed E-state index contributed by atoms with van der Waals surface area (Å²) in [4.78, 5) is 23.2. The number of carboxylic acid groups (broad SMARTS) is 1. The molecule has 6 heteroatoms. The Balaban J connectivity index is 2.10. The zero-order chi connectivity index (χ0) is 15.9. The number of carbonyl (C=O) groups is 2. The normalized spacial score (nSPS) is 24.2. The van der Waals surface area contributed by atoms with Crippen LogP contribution in [-0.2, 0) is 9.59 Å². The first-order chi connectivity index (χ1) is 9.66. The van der Waals surface area contributed by atoms with Crippen LogP contribution in [-0.4, -0.2) is 17.0 Å². The number of amides is 1. The summed E-state index contributed by atoms with van der Waals surface area (Å²) in [5, 5.41) is 11.6. The van der Waals surface area contributed by atoms with Crippen LogP contribution in [0.2, 0.25) is 0 Å². The lowest BCUT2D eigenvalue weighted by Gasteiger charge is -2.15. The van der Waals surface area contributed by atoms with Gasteiger partial charge >= 0.3 is 5.97 Å². The van der Waals surface area contributed by atoms with Crippen molar-refractivity contribution in [2.75, 3.05) is 0 Å². The maximum Gasteiger partial charge on any atom is 0.307 e. The van der Waals surface area contributed by atoms with Gasteiger partial charge in [0.15, 0.2) is 0 Å². The molecule has 4 nitrogen and oxygen atoms in total. The monoisotopic (exact) mass is 297 g/mol. The second-order valence-corrected chi connectivity index (χ2v) is 6.01. The molecule has 1 aromatic rings. The van der Waals surface area contributed by atoms with E-state index in [1.54, 1.807) is 13.8 Å². The van der Waals surface area contributed by atoms with Gasteiger partial charge in [0.1, 0.15) is 11.6 Å². The number of carbonyl (C=O) groups excluding carboxylic acids is 1. The lowest BCUT2D eigenvalue weighted by molar-refractivity contribution is -0.140. The van der Waals surface area contributed by atoms with Gasteiger partial charge in [-0.1, -0.05) is 13.8 Å². The fourth-order valence-corrected chi connectivity index (χ4v) is 2.82. The quantitative estimate of drug-likeness (QED) is 0.897. The molecule has 1 fully saturated rings. The highest BCUT2D eigenvalue weighted by Gasteiger charge is 2.65. The number of halogens is 2. The molecule has 1 saturated carbocycles. The van der Waals surface area contributed by atoms with Crippen LogP contribution in [0, 0.1) is 28.9 Å². The van der Waals surface area contributed by atoms with E-state index in [4.69, 9.17) is 5.11 Å². The van der Waals surface area contributed by atoms with Crippen LogP contribution < -0.4 is 5.32 Å². The molecule has 3 atom stereocenters. The number of hydrogen-bond acceptors (Lipinski definition) is 2. The molecule has 0 radical (unpaired) electrons. The molecule has 21 heavy (non-hydrogen) atoms. The first-order valence-electron chi connectivity index (χ1n) is 6.64. The maximum absolute atomic E-state index is 13.6. The summed E-state index contributed by atoms with van der Waals surface area (Å²) in [6, 6.07) is 2.28. The SMILES string of the molecule is CC(NC(=O)[C@H]1[C@@H](C(=O)O)C1(C)C)c1cc(F)ccc1F. The summed E-state index contributed by atoms with van der Waals surface area (Å²) >= 11 is 0. The molecule has 0 heterocycles. The van der Waals surface area contributed by atoms with E-state index in [9.17, 15) is 18.4 Å². The van der Waals surface area contributed by atoms with Crippen molar-refractivity contribution >= 4 is 11.9 Å². The van der Waals surface area contributed by atoms with Crippen LogP contribution in [0.4, 0.5) is 8.78 Å².